The van der Waals surface area contributed by atoms with Crippen LogP contribution < -0.4 is 5.32 Å². The lowest BCUT2D eigenvalue weighted by Crippen LogP contribution is -2.18. The molecule has 2 heteroatoms. The maximum absolute atomic E-state index is 12.3. The summed E-state index contributed by atoms with van der Waals surface area (Å²) < 4.78 is 12.3. The number of halogens is 1. The second-order valence-electron chi connectivity index (χ2n) is 2.08. The molecule has 1 heterocycles. The Bertz CT molecular complexity index is 92.5. The van der Waals surface area contributed by atoms with Crippen LogP contribution in [-0.2, 0) is 0 Å². The van der Waals surface area contributed by atoms with Crippen molar-refractivity contribution in [2.45, 2.75) is 18.6 Å². The summed E-state index contributed by atoms with van der Waals surface area (Å²) in [5.74, 6) is 0. The van der Waals surface area contributed by atoms with Gasteiger partial charge in [0.2, 0.25) is 0 Å². The van der Waals surface area contributed by atoms with E-state index in [1.54, 1.807) is 6.08 Å². The first kappa shape index (κ1) is 5.76. The molecule has 0 aliphatic carbocycles. The smallest absolute Gasteiger partial charge is 0.114 e. The van der Waals surface area contributed by atoms with Crippen LogP contribution in [0.15, 0.2) is 12.7 Å². The van der Waals surface area contributed by atoms with Gasteiger partial charge in [0.1, 0.15) is 6.17 Å². The molecule has 0 aromatic carbocycles. The fourth-order valence-electron chi connectivity index (χ4n) is 0.901. The Morgan fingerprint density at radius 3 is 2.75 bits per heavy atom. The van der Waals surface area contributed by atoms with Crippen molar-refractivity contribution in [2.24, 2.45) is 0 Å². The average Bonchev–Trinajstić information content (AvgIpc) is 2.14. The van der Waals surface area contributed by atoms with Crippen molar-refractivity contribution in [1.82, 2.24) is 5.32 Å². The lowest BCUT2D eigenvalue weighted by atomic mass is 10.2. The topological polar surface area (TPSA) is 12.0 Å². The minimum absolute atomic E-state index is 0.213. The van der Waals surface area contributed by atoms with E-state index < -0.39 is 6.17 Å². The van der Waals surface area contributed by atoms with E-state index in [1.165, 1.54) is 0 Å². The second-order valence-corrected chi connectivity index (χ2v) is 2.08. The number of hydrogen-bond donors (Lipinski definition) is 1. The van der Waals surface area contributed by atoms with Crippen LogP contribution >= 0.6 is 0 Å². The summed E-state index contributed by atoms with van der Waals surface area (Å²) >= 11 is 0. The SMILES string of the molecule is C=C[C@H]1C[C@@H](F)CN1. The monoisotopic (exact) mass is 115 g/mol. The van der Waals surface area contributed by atoms with E-state index in [4.69, 9.17) is 0 Å². The maximum Gasteiger partial charge on any atom is 0.114 e. The highest BCUT2D eigenvalue weighted by Gasteiger charge is 2.19. The van der Waals surface area contributed by atoms with Gasteiger partial charge in [-0.15, -0.1) is 6.58 Å². The number of alkyl halides is 1. The highest BCUT2D eigenvalue weighted by molar-refractivity contribution is 4.93. The van der Waals surface area contributed by atoms with Crippen LogP contribution in [0.4, 0.5) is 4.39 Å². The summed E-state index contributed by atoms with van der Waals surface area (Å²) in [6.07, 6.45) is 1.70. The quantitative estimate of drug-likeness (QED) is 0.500. The van der Waals surface area contributed by atoms with Crippen LogP contribution in [0.5, 0.6) is 0 Å². The minimum Gasteiger partial charge on any atom is -0.308 e. The number of hydrogen-bond acceptors (Lipinski definition) is 1. The molecule has 0 spiro atoms. The summed E-state index contributed by atoms with van der Waals surface area (Å²) in [5.41, 5.74) is 0. The molecule has 1 saturated heterocycles. The predicted octanol–water partition coefficient (Wildman–Crippen LogP) is 0.872. The van der Waals surface area contributed by atoms with E-state index >= 15 is 0 Å². The molecule has 0 bridgehead atoms. The Labute approximate surface area is 48.6 Å². The van der Waals surface area contributed by atoms with Gasteiger partial charge < -0.3 is 5.32 Å². The molecular weight excluding hydrogens is 105 g/mol. The van der Waals surface area contributed by atoms with Crippen molar-refractivity contribution >= 4 is 0 Å². The van der Waals surface area contributed by atoms with Crippen LogP contribution in [-0.4, -0.2) is 18.8 Å². The van der Waals surface area contributed by atoms with E-state index in [2.05, 4.69) is 11.9 Å². The maximum atomic E-state index is 12.3. The van der Waals surface area contributed by atoms with Gasteiger partial charge in [-0.3, -0.25) is 0 Å². The molecule has 0 aromatic rings. The van der Waals surface area contributed by atoms with Crippen molar-refractivity contribution in [3.05, 3.63) is 12.7 Å². The molecule has 8 heavy (non-hydrogen) atoms. The Morgan fingerprint density at radius 1 is 1.75 bits per heavy atom. The minimum atomic E-state index is -0.655. The highest BCUT2D eigenvalue weighted by Crippen LogP contribution is 2.09. The van der Waals surface area contributed by atoms with Gasteiger partial charge in [0.15, 0.2) is 0 Å². The summed E-state index contributed by atoms with van der Waals surface area (Å²) in [7, 11) is 0. The summed E-state index contributed by atoms with van der Waals surface area (Å²) in [5, 5.41) is 2.96. The molecule has 46 valence electrons. The van der Waals surface area contributed by atoms with Crippen molar-refractivity contribution in [3.63, 3.8) is 0 Å². The van der Waals surface area contributed by atoms with Gasteiger partial charge in [0.05, 0.1) is 0 Å². The van der Waals surface area contributed by atoms with Gasteiger partial charge in [0.25, 0.3) is 0 Å². The van der Waals surface area contributed by atoms with Crippen LogP contribution in [0.2, 0.25) is 0 Å². The summed E-state index contributed by atoms with van der Waals surface area (Å²) in [6.45, 7) is 4.04. The fourth-order valence-corrected chi connectivity index (χ4v) is 0.901. The first-order chi connectivity index (χ1) is 3.83. The van der Waals surface area contributed by atoms with Crippen molar-refractivity contribution < 1.29 is 4.39 Å². The van der Waals surface area contributed by atoms with Crippen LogP contribution in [0.3, 0.4) is 0 Å². The van der Waals surface area contributed by atoms with Gasteiger partial charge in [-0.1, -0.05) is 6.08 Å². The summed E-state index contributed by atoms with van der Waals surface area (Å²) in [6, 6.07) is 0.213. The number of nitrogens with one attached hydrogen (secondary N) is 1. The third-order valence-corrected chi connectivity index (χ3v) is 1.40. The fraction of sp³-hybridized carbons (Fsp3) is 0.667. The predicted molar refractivity (Wildman–Crippen MR) is 31.5 cm³/mol. The van der Waals surface area contributed by atoms with Gasteiger partial charge >= 0.3 is 0 Å². The Morgan fingerprint density at radius 2 is 2.50 bits per heavy atom. The average molecular weight is 115 g/mol. The lowest BCUT2D eigenvalue weighted by Gasteiger charge is -1.97. The van der Waals surface area contributed by atoms with Gasteiger partial charge in [-0.25, -0.2) is 4.39 Å². The zero-order chi connectivity index (χ0) is 5.98. The first-order valence-corrected chi connectivity index (χ1v) is 2.83. The molecule has 1 aliphatic rings. The molecule has 1 N–H and O–H groups in total. The van der Waals surface area contributed by atoms with Crippen LogP contribution in [0.1, 0.15) is 6.42 Å². The molecule has 0 radical (unpaired) electrons. The number of rotatable bonds is 1. The molecule has 1 nitrogen and oxygen atoms in total. The molecule has 0 amide bonds. The largest absolute Gasteiger partial charge is 0.308 e. The van der Waals surface area contributed by atoms with Gasteiger partial charge in [-0.05, 0) is 6.42 Å². The zero-order valence-electron chi connectivity index (χ0n) is 4.73. The van der Waals surface area contributed by atoms with Crippen LogP contribution in [0.25, 0.3) is 0 Å². The molecule has 1 fully saturated rings. The van der Waals surface area contributed by atoms with Crippen LogP contribution in [0, 0.1) is 0 Å². The van der Waals surface area contributed by atoms with E-state index in [0.29, 0.717) is 13.0 Å². The van der Waals surface area contributed by atoms with Crippen molar-refractivity contribution in [2.75, 3.05) is 6.54 Å². The summed E-state index contributed by atoms with van der Waals surface area (Å²) in [4.78, 5) is 0. The molecule has 2 atom stereocenters. The van der Waals surface area contributed by atoms with E-state index in [0.717, 1.165) is 0 Å². The second kappa shape index (κ2) is 2.27. The van der Waals surface area contributed by atoms with Gasteiger partial charge in [-0.2, -0.15) is 0 Å². The first-order valence-electron chi connectivity index (χ1n) is 2.83. The molecular formula is C6H10FN. The molecule has 0 aromatic heterocycles. The standard InChI is InChI=1S/C6H10FN/c1-2-6-3-5(7)4-8-6/h2,5-6,8H,1,3-4H2/t5-,6+/m1/s1. The van der Waals surface area contributed by atoms with E-state index in [9.17, 15) is 4.39 Å². The molecule has 1 aliphatic heterocycles. The van der Waals surface area contributed by atoms with E-state index in [1.807, 2.05) is 0 Å². The molecule has 1 rings (SSSR count). The molecule has 0 unspecified atom stereocenters. The van der Waals surface area contributed by atoms with Crippen molar-refractivity contribution in [1.29, 1.82) is 0 Å². The molecule has 0 saturated carbocycles. The zero-order valence-corrected chi connectivity index (χ0v) is 4.73. The Kier molecular flexibility index (Phi) is 1.63. The Hall–Kier alpha value is -0.370. The normalized spacial score (nSPS) is 37.6. The Balaban J connectivity index is 2.32. The van der Waals surface area contributed by atoms with E-state index in [-0.39, 0.29) is 6.04 Å². The third-order valence-electron chi connectivity index (χ3n) is 1.40. The lowest BCUT2D eigenvalue weighted by molar-refractivity contribution is 0.358. The van der Waals surface area contributed by atoms with Gasteiger partial charge in [0, 0.05) is 12.6 Å². The third kappa shape index (κ3) is 1.07. The van der Waals surface area contributed by atoms with Crippen molar-refractivity contribution in [3.8, 4) is 0 Å². The highest BCUT2D eigenvalue weighted by atomic mass is 19.1.